The summed E-state index contributed by atoms with van der Waals surface area (Å²) in [5.41, 5.74) is 2.94. The first-order valence-corrected chi connectivity index (χ1v) is 14.6. The molecule has 1 unspecified atom stereocenters. The predicted octanol–water partition coefficient (Wildman–Crippen LogP) is 4.58. The maximum Gasteiger partial charge on any atom is 0.244 e. The van der Waals surface area contributed by atoms with Crippen LogP contribution >= 0.6 is 11.6 Å². The number of amides is 2. The number of hydrogen-bond acceptors (Lipinski definition) is 4. The molecule has 0 aliphatic heterocycles. The second-order valence-electron chi connectivity index (χ2n) is 9.63. The lowest BCUT2D eigenvalue weighted by Gasteiger charge is -2.34. The van der Waals surface area contributed by atoms with Crippen LogP contribution < -0.4 is 9.62 Å². The average molecular weight is 556 g/mol. The minimum Gasteiger partial charge on any atom is -0.352 e. The fourth-order valence-corrected chi connectivity index (χ4v) is 5.15. The minimum absolute atomic E-state index is 0.0773. The predicted molar refractivity (Wildman–Crippen MR) is 153 cm³/mol. The third-order valence-electron chi connectivity index (χ3n) is 5.95. The Labute approximate surface area is 230 Å². The van der Waals surface area contributed by atoms with E-state index in [0.717, 1.165) is 27.3 Å². The second kappa shape index (κ2) is 12.9. The van der Waals surface area contributed by atoms with E-state index in [-0.39, 0.29) is 24.9 Å². The molecule has 0 aliphatic rings. The number of aryl methyl sites for hydroxylation is 1. The Bertz CT molecular complexity index is 1350. The molecule has 7 nitrogen and oxygen atoms in total. The highest BCUT2D eigenvalue weighted by molar-refractivity contribution is 7.92. The van der Waals surface area contributed by atoms with Gasteiger partial charge in [0, 0.05) is 24.0 Å². The number of halogens is 1. The molecule has 0 bridgehead atoms. The zero-order valence-corrected chi connectivity index (χ0v) is 23.7. The fraction of sp³-hybridized carbons (Fsp3) is 0.310. The molecule has 0 saturated heterocycles. The molecule has 9 heteroatoms. The monoisotopic (exact) mass is 555 g/mol. The van der Waals surface area contributed by atoms with Gasteiger partial charge in [0.2, 0.25) is 21.8 Å². The SMILES string of the molecule is Cc1ccc(N(CC(=O)N(Cc2cccc(Cl)c2)C(Cc2ccccc2)C(=O)NC(C)C)S(C)(=O)=O)cc1. The number of anilines is 1. The summed E-state index contributed by atoms with van der Waals surface area (Å²) in [6.45, 7) is 5.22. The van der Waals surface area contributed by atoms with Crippen molar-refractivity contribution < 1.29 is 18.0 Å². The lowest BCUT2D eigenvalue weighted by molar-refractivity contribution is -0.140. The summed E-state index contributed by atoms with van der Waals surface area (Å²) < 4.78 is 26.6. The van der Waals surface area contributed by atoms with Crippen LogP contribution in [0.2, 0.25) is 5.02 Å². The maximum atomic E-state index is 14.0. The van der Waals surface area contributed by atoms with Crippen LogP contribution in [0.1, 0.15) is 30.5 Å². The molecule has 0 aliphatic carbocycles. The van der Waals surface area contributed by atoms with Crippen molar-refractivity contribution in [1.29, 1.82) is 0 Å². The molecule has 0 aromatic heterocycles. The van der Waals surface area contributed by atoms with Crippen LogP contribution in [0.3, 0.4) is 0 Å². The van der Waals surface area contributed by atoms with Gasteiger partial charge in [-0.25, -0.2) is 8.42 Å². The topological polar surface area (TPSA) is 86.8 Å². The Kier molecular flexibility index (Phi) is 9.94. The van der Waals surface area contributed by atoms with E-state index >= 15 is 0 Å². The van der Waals surface area contributed by atoms with E-state index in [1.165, 1.54) is 4.90 Å². The van der Waals surface area contributed by atoms with Crippen molar-refractivity contribution in [3.63, 3.8) is 0 Å². The van der Waals surface area contributed by atoms with E-state index in [9.17, 15) is 18.0 Å². The van der Waals surface area contributed by atoms with Gasteiger partial charge < -0.3 is 10.2 Å². The van der Waals surface area contributed by atoms with Gasteiger partial charge in [-0.1, -0.05) is 71.8 Å². The third kappa shape index (κ3) is 8.33. The number of nitrogens with one attached hydrogen (secondary N) is 1. The first kappa shape index (κ1) is 29.2. The van der Waals surface area contributed by atoms with Crippen molar-refractivity contribution in [3.8, 4) is 0 Å². The molecule has 0 saturated carbocycles. The van der Waals surface area contributed by atoms with Crippen LogP contribution in [0, 0.1) is 6.92 Å². The summed E-state index contributed by atoms with van der Waals surface area (Å²) in [6, 6.07) is 22.3. The van der Waals surface area contributed by atoms with Gasteiger partial charge in [-0.3, -0.25) is 13.9 Å². The summed E-state index contributed by atoms with van der Waals surface area (Å²) >= 11 is 6.22. The van der Waals surface area contributed by atoms with Gasteiger partial charge >= 0.3 is 0 Å². The maximum absolute atomic E-state index is 14.0. The molecule has 202 valence electrons. The lowest BCUT2D eigenvalue weighted by atomic mass is 10.0. The van der Waals surface area contributed by atoms with E-state index in [2.05, 4.69) is 5.32 Å². The van der Waals surface area contributed by atoms with Gasteiger partial charge in [-0.2, -0.15) is 0 Å². The minimum atomic E-state index is -3.80. The van der Waals surface area contributed by atoms with Crippen molar-refractivity contribution >= 4 is 39.1 Å². The molecular weight excluding hydrogens is 522 g/mol. The van der Waals surface area contributed by atoms with Gasteiger partial charge in [-0.15, -0.1) is 0 Å². The van der Waals surface area contributed by atoms with E-state index in [0.29, 0.717) is 10.7 Å². The summed E-state index contributed by atoms with van der Waals surface area (Å²) in [5.74, 6) is -0.823. The van der Waals surface area contributed by atoms with Crippen molar-refractivity contribution in [2.75, 3.05) is 17.1 Å². The standard InChI is InChI=1S/C29H34ClN3O4S/c1-21(2)31-29(35)27(18-23-9-6-5-7-10-23)32(19-24-11-8-12-25(30)17-24)28(34)20-33(38(4,36)37)26-15-13-22(3)14-16-26/h5-17,21,27H,18-20H2,1-4H3,(H,31,35). The number of sulfonamides is 1. The quantitative estimate of drug-likeness (QED) is 0.375. The Morgan fingerprint density at radius 2 is 1.55 bits per heavy atom. The summed E-state index contributed by atoms with van der Waals surface area (Å²) in [6.07, 6.45) is 1.32. The Balaban J connectivity index is 2.05. The van der Waals surface area contributed by atoms with Gasteiger partial charge in [0.15, 0.2) is 0 Å². The van der Waals surface area contributed by atoms with Crippen molar-refractivity contribution in [2.45, 2.75) is 45.8 Å². The number of benzene rings is 3. The normalized spacial score (nSPS) is 12.2. The number of nitrogens with zero attached hydrogens (tertiary/aromatic N) is 2. The van der Waals surface area contributed by atoms with Crippen LogP contribution in [-0.2, 0) is 32.6 Å². The second-order valence-corrected chi connectivity index (χ2v) is 12.0. The largest absolute Gasteiger partial charge is 0.352 e. The first-order chi connectivity index (χ1) is 17.9. The lowest BCUT2D eigenvalue weighted by Crippen LogP contribution is -2.54. The highest BCUT2D eigenvalue weighted by Crippen LogP contribution is 2.21. The Morgan fingerprint density at radius 1 is 0.921 bits per heavy atom. The van der Waals surface area contributed by atoms with Gasteiger partial charge in [-0.05, 0) is 56.2 Å². The van der Waals surface area contributed by atoms with Crippen LogP contribution in [0.25, 0.3) is 0 Å². The molecule has 3 aromatic carbocycles. The number of carbonyl (C=O) groups excluding carboxylic acids is 2. The van der Waals surface area contributed by atoms with E-state index in [1.807, 2.05) is 57.2 Å². The molecule has 3 rings (SSSR count). The Morgan fingerprint density at radius 3 is 2.13 bits per heavy atom. The highest BCUT2D eigenvalue weighted by Gasteiger charge is 2.33. The molecule has 1 N–H and O–H groups in total. The van der Waals surface area contributed by atoms with Crippen LogP contribution in [-0.4, -0.2) is 50.0 Å². The van der Waals surface area contributed by atoms with Crippen LogP contribution in [0.15, 0.2) is 78.9 Å². The highest BCUT2D eigenvalue weighted by atomic mass is 35.5. The molecule has 38 heavy (non-hydrogen) atoms. The van der Waals surface area contributed by atoms with Crippen molar-refractivity contribution in [1.82, 2.24) is 10.2 Å². The van der Waals surface area contributed by atoms with Gasteiger partial charge in [0.05, 0.1) is 11.9 Å². The number of carbonyl (C=O) groups is 2. The van der Waals surface area contributed by atoms with Crippen molar-refractivity contribution in [2.24, 2.45) is 0 Å². The van der Waals surface area contributed by atoms with Gasteiger partial charge in [0.25, 0.3) is 0 Å². The Hall–Kier alpha value is -3.36. The molecule has 1 atom stereocenters. The molecule has 0 spiro atoms. The molecule has 0 radical (unpaired) electrons. The third-order valence-corrected chi connectivity index (χ3v) is 7.32. The summed E-state index contributed by atoms with van der Waals surface area (Å²) in [4.78, 5) is 28.9. The molecule has 0 heterocycles. The first-order valence-electron chi connectivity index (χ1n) is 12.4. The van der Waals surface area contributed by atoms with Crippen molar-refractivity contribution in [3.05, 3.63) is 101 Å². The molecular formula is C29H34ClN3O4S. The number of rotatable bonds is 11. The van der Waals surface area contributed by atoms with Gasteiger partial charge in [0.1, 0.15) is 12.6 Å². The van der Waals surface area contributed by atoms with Crippen LogP contribution in [0.4, 0.5) is 5.69 Å². The van der Waals surface area contributed by atoms with E-state index < -0.39 is 28.5 Å². The molecule has 0 fully saturated rings. The average Bonchev–Trinajstić information content (AvgIpc) is 2.85. The fourth-order valence-electron chi connectivity index (χ4n) is 4.09. The zero-order valence-electron chi connectivity index (χ0n) is 22.1. The zero-order chi connectivity index (χ0) is 27.9. The molecule has 3 aromatic rings. The molecule has 2 amide bonds. The summed E-state index contributed by atoms with van der Waals surface area (Å²) in [5, 5.41) is 3.43. The van der Waals surface area contributed by atoms with E-state index in [4.69, 9.17) is 11.6 Å². The van der Waals surface area contributed by atoms with E-state index in [1.54, 1.807) is 42.5 Å². The van der Waals surface area contributed by atoms with Crippen LogP contribution in [0.5, 0.6) is 0 Å². The smallest absolute Gasteiger partial charge is 0.244 e. The number of hydrogen-bond donors (Lipinski definition) is 1. The summed E-state index contributed by atoms with van der Waals surface area (Å²) in [7, 11) is -3.80.